The molecule has 0 spiro atoms. The molecule has 1 heterocycles. The van der Waals surface area contributed by atoms with E-state index in [1.165, 1.54) is 0 Å². The van der Waals surface area contributed by atoms with Crippen molar-refractivity contribution in [3.63, 3.8) is 0 Å². The molecule has 2 rings (SSSR count). The van der Waals surface area contributed by atoms with E-state index in [1.54, 1.807) is 18.5 Å². The van der Waals surface area contributed by atoms with Crippen LogP contribution in [0, 0.1) is 0 Å². The maximum absolute atomic E-state index is 5.85. The number of nitrogen functional groups attached to an aromatic ring is 1. The molecule has 0 radical (unpaired) electrons. The van der Waals surface area contributed by atoms with Crippen LogP contribution in [0.3, 0.4) is 0 Å². The summed E-state index contributed by atoms with van der Waals surface area (Å²) in [4.78, 5) is 4.06. The Hall–Kier alpha value is -1.81. The second kappa shape index (κ2) is 5.50. The predicted octanol–water partition coefficient (Wildman–Crippen LogP) is 3.45. The molecule has 0 saturated carbocycles. The molecular weight excluding hydrogens is 280 g/mol. The van der Waals surface area contributed by atoms with E-state index in [4.69, 9.17) is 10.5 Å². The Morgan fingerprint density at radius 1 is 1.18 bits per heavy atom. The van der Waals surface area contributed by atoms with Crippen LogP contribution in [0.5, 0.6) is 5.75 Å². The minimum atomic E-state index is 0.579. The van der Waals surface area contributed by atoms with Crippen LogP contribution >= 0.6 is 15.9 Å². The Kier molecular flexibility index (Phi) is 3.77. The number of hydrogen-bond donors (Lipinski definition) is 1. The van der Waals surface area contributed by atoms with E-state index < -0.39 is 0 Å². The van der Waals surface area contributed by atoms with Crippen LogP contribution in [0.25, 0.3) is 0 Å². The number of nitrogens with zero attached hydrogens (tertiary/aromatic N) is 1. The lowest BCUT2D eigenvalue weighted by Gasteiger charge is -2.10. The SMILES string of the molecule is Nc1cccc(Br)c1OC1=C/N=C\C=C/C=C\1. The highest BCUT2D eigenvalue weighted by molar-refractivity contribution is 9.10. The lowest BCUT2D eigenvalue weighted by atomic mass is 10.3. The Balaban J connectivity index is 2.26. The lowest BCUT2D eigenvalue weighted by molar-refractivity contribution is 0.442. The molecule has 1 aromatic rings. The van der Waals surface area contributed by atoms with Crippen molar-refractivity contribution in [2.45, 2.75) is 0 Å². The summed E-state index contributed by atoms with van der Waals surface area (Å²) < 4.78 is 6.52. The van der Waals surface area contributed by atoms with Crippen molar-refractivity contribution in [2.75, 3.05) is 5.73 Å². The zero-order valence-electron chi connectivity index (χ0n) is 9.01. The predicted molar refractivity (Wildman–Crippen MR) is 74.0 cm³/mol. The van der Waals surface area contributed by atoms with Crippen LogP contribution in [0.15, 0.2) is 63.9 Å². The van der Waals surface area contributed by atoms with E-state index in [9.17, 15) is 0 Å². The Morgan fingerprint density at radius 3 is 2.88 bits per heavy atom. The van der Waals surface area contributed by atoms with E-state index in [-0.39, 0.29) is 0 Å². The van der Waals surface area contributed by atoms with Gasteiger partial charge in [-0.3, -0.25) is 4.99 Å². The number of allylic oxidation sites excluding steroid dienone is 4. The van der Waals surface area contributed by atoms with Crippen molar-refractivity contribution in [2.24, 2.45) is 4.99 Å². The number of benzene rings is 1. The van der Waals surface area contributed by atoms with Crippen molar-refractivity contribution in [3.05, 3.63) is 58.9 Å². The standard InChI is InChI=1S/C13H11BrN2O/c14-11-6-4-7-12(15)13(11)17-10-5-2-1-3-8-16-9-10/h1-9H,15H2/b2-1?,3-1-,5-2-,8-3?,10-5?,10-9+,16-8-,16-9?. The first-order valence-corrected chi connectivity index (χ1v) is 5.85. The third-order valence-electron chi connectivity index (χ3n) is 2.07. The summed E-state index contributed by atoms with van der Waals surface area (Å²) in [7, 11) is 0. The second-order valence-electron chi connectivity index (χ2n) is 3.33. The molecular formula is C13H11BrN2O. The first-order chi connectivity index (χ1) is 8.27. The molecule has 1 aliphatic heterocycles. The van der Waals surface area contributed by atoms with E-state index >= 15 is 0 Å². The van der Waals surface area contributed by atoms with Gasteiger partial charge in [0.1, 0.15) is 5.76 Å². The van der Waals surface area contributed by atoms with Gasteiger partial charge in [-0.15, -0.1) is 0 Å². The van der Waals surface area contributed by atoms with Gasteiger partial charge in [-0.25, -0.2) is 0 Å². The monoisotopic (exact) mass is 290 g/mol. The highest BCUT2D eigenvalue weighted by Gasteiger charge is 2.06. The molecule has 0 saturated heterocycles. The van der Waals surface area contributed by atoms with Crippen molar-refractivity contribution in [1.29, 1.82) is 0 Å². The van der Waals surface area contributed by atoms with Crippen molar-refractivity contribution >= 4 is 27.8 Å². The van der Waals surface area contributed by atoms with Gasteiger partial charge >= 0.3 is 0 Å². The normalized spacial score (nSPS) is 22.8. The van der Waals surface area contributed by atoms with Gasteiger partial charge in [0.25, 0.3) is 0 Å². The third-order valence-corrected chi connectivity index (χ3v) is 2.70. The quantitative estimate of drug-likeness (QED) is 0.848. The molecule has 0 fully saturated rings. The summed E-state index contributed by atoms with van der Waals surface area (Å²) in [5.74, 6) is 1.23. The molecule has 0 unspecified atom stereocenters. The van der Waals surface area contributed by atoms with Gasteiger partial charge in [-0.1, -0.05) is 18.2 Å². The summed E-state index contributed by atoms with van der Waals surface area (Å²) in [6.07, 6.45) is 10.8. The number of anilines is 1. The van der Waals surface area contributed by atoms with Crippen LogP contribution in [0.2, 0.25) is 0 Å². The fourth-order valence-corrected chi connectivity index (χ4v) is 1.75. The van der Waals surface area contributed by atoms with E-state index in [1.807, 2.05) is 36.4 Å². The summed E-state index contributed by atoms with van der Waals surface area (Å²) in [5.41, 5.74) is 6.43. The molecule has 0 atom stereocenters. The molecule has 0 amide bonds. The summed E-state index contributed by atoms with van der Waals surface area (Å²) >= 11 is 3.40. The van der Waals surface area contributed by atoms with Gasteiger partial charge in [0.15, 0.2) is 5.75 Å². The Bertz CT molecular complexity index is 510. The molecule has 1 aliphatic rings. The molecule has 86 valence electrons. The molecule has 17 heavy (non-hydrogen) atoms. The van der Waals surface area contributed by atoms with E-state index in [2.05, 4.69) is 20.9 Å². The molecule has 3 nitrogen and oxygen atoms in total. The number of nitrogens with two attached hydrogens (primary N) is 1. The molecule has 1 aromatic carbocycles. The van der Waals surface area contributed by atoms with Crippen molar-refractivity contribution < 1.29 is 4.74 Å². The fourth-order valence-electron chi connectivity index (χ4n) is 1.28. The number of rotatable bonds is 2. The topological polar surface area (TPSA) is 47.6 Å². The zero-order chi connectivity index (χ0) is 12.1. The lowest BCUT2D eigenvalue weighted by Crippen LogP contribution is -1.97. The van der Waals surface area contributed by atoms with Gasteiger partial charge in [0, 0.05) is 6.21 Å². The van der Waals surface area contributed by atoms with Crippen molar-refractivity contribution in [3.8, 4) is 5.75 Å². The minimum Gasteiger partial charge on any atom is -0.452 e. The first kappa shape index (κ1) is 11.7. The highest BCUT2D eigenvalue weighted by atomic mass is 79.9. The van der Waals surface area contributed by atoms with Gasteiger partial charge < -0.3 is 10.5 Å². The average Bonchev–Trinajstić information content (AvgIpc) is 2.26. The van der Waals surface area contributed by atoms with Gasteiger partial charge in [0.2, 0.25) is 0 Å². The van der Waals surface area contributed by atoms with Crippen LogP contribution in [0.1, 0.15) is 0 Å². The van der Waals surface area contributed by atoms with Gasteiger partial charge in [-0.05, 0) is 40.2 Å². The molecule has 0 bridgehead atoms. The molecule has 0 aromatic heterocycles. The van der Waals surface area contributed by atoms with Crippen LogP contribution < -0.4 is 10.5 Å². The molecule has 0 aliphatic carbocycles. The van der Waals surface area contributed by atoms with Crippen LogP contribution in [-0.4, -0.2) is 6.21 Å². The fraction of sp³-hybridized carbons (Fsp3) is 0. The second-order valence-corrected chi connectivity index (χ2v) is 4.19. The summed E-state index contributed by atoms with van der Waals surface area (Å²) in [5, 5.41) is 0. The first-order valence-electron chi connectivity index (χ1n) is 5.06. The average molecular weight is 291 g/mol. The number of halogens is 1. The maximum atomic E-state index is 5.85. The number of aliphatic imine (C=N–C) groups is 1. The zero-order valence-corrected chi connectivity index (χ0v) is 10.6. The smallest absolute Gasteiger partial charge is 0.164 e. The van der Waals surface area contributed by atoms with Crippen LogP contribution in [0.4, 0.5) is 5.69 Å². The highest BCUT2D eigenvalue weighted by Crippen LogP contribution is 2.32. The van der Waals surface area contributed by atoms with Crippen LogP contribution in [-0.2, 0) is 0 Å². The van der Waals surface area contributed by atoms with Crippen molar-refractivity contribution in [1.82, 2.24) is 0 Å². The number of ether oxygens (including phenoxy) is 1. The minimum absolute atomic E-state index is 0.579. The van der Waals surface area contributed by atoms with E-state index in [0.717, 1.165) is 4.47 Å². The molecule has 4 heteroatoms. The maximum Gasteiger partial charge on any atom is 0.164 e. The number of para-hydroxylation sites is 1. The summed E-state index contributed by atoms with van der Waals surface area (Å²) in [6, 6.07) is 5.52. The molecule has 2 N–H and O–H groups in total. The summed E-state index contributed by atoms with van der Waals surface area (Å²) in [6.45, 7) is 0. The largest absolute Gasteiger partial charge is 0.452 e. The third kappa shape index (κ3) is 3.07. The Labute approximate surface area is 108 Å². The number of hydrogen-bond acceptors (Lipinski definition) is 3. The van der Waals surface area contributed by atoms with Gasteiger partial charge in [0.05, 0.1) is 16.4 Å². The Morgan fingerprint density at radius 2 is 2.06 bits per heavy atom. The van der Waals surface area contributed by atoms with Gasteiger partial charge in [-0.2, -0.15) is 0 Å². The van der Waals surface area contributed by atoms with E-state index in [0.29, 0.717) is 17.2 Å².